The Labute approximate surface area is 160 Å². The Kier molecular flexibility index (Phi) is 10.9. The van der Waals surface area contributed by atoms with Gasteiger partial charge in [0.05, 0.1) is 0 Å². The molecule has 0 aromatic heterocycles. The van der Waals surface area contributed by atoms with Crippen LogP contribution >= 0.6 is 0 Å². The summed E-state index contributed by atoms with van der Waals surface area (Å²) < 4.78 is 0. The molecule has 0 aliphatic heterocycles. The smallest absolute Gasteiger partial charge is 1.00 e. The van der Waals surface area contributed by atoms with Crippen LogP contribution in [0.5, 0.6) is 0 Å². The summed E-state index contributed by atoms with van der Waals surface area (Å²) in [6.07, 6.45) is 10.9. The predicted molar refractivity (Wildman–Crippen MR) is 77.4 cm³/mol. The Bertz CT molecular complexity index is 412. The Morgan fingerprint density at radius 1 is 0.619 bits per heavy atom. The van der Waals surface area contributed by atoms with Crippen molar-refractivity contribution in [3.63, 3.8) is 0 Å². The molecule has 0 nitrogen and oxygen atoms in total. The van der Waals surface area contributed by atoms with Crippen molar-refractivity contribution in [2.75, 3.05) is 0 Å². The first-order chi connectivity index (χ1) is 8.93. The van der Waals surface area contributed by atoms with Gasteiger partial charge in [-0.2, -0.15) is 46.5 Å². The van der Waals surface area contributed by atoms with Crippen LogP contribution in [0.1, 0.15) is 47.9 Å². The minimum Gasteiger partial charge on any atom is -1.00 e. The van der Waals surface area contributed by atoms with Crippen molar-refractivity contribution < 1.29 is 50.7 Å². The van der Waals surface area contributed by atoms with Gasteiger partial charge < -0.3 is 24.8 Å². The molecule has 0 N–H and O–H groups in total. The van der Waals surface area contributed by atoms with Crippen molar-refractivity contribution in [3.8, 4) is 0 Å². The molecule has 0 fully saturated rings. The van der Waals surface area contributed by atoms with Crippen LogP contribution in [-0.2, 0) is 51.5 Å². The summed E-state index contributed by atoms with van der Waals surface area (Å²) in [5, 5.41) is 0. The molecular weight excluding hydrogens is 466 g/mol. The van der Waals surface area contributed by atoms with E-state index in [-0.39, 0.29) is 50.7 Å². The molecule has 21 heavy (non-hydrogen) atoms. The second kappa shape index (κ2) is 10.8. The Balaban J connectivity index is 0.000000333. The van der Waals surface area contributed by atoms with Crippen molar-refractivity contribution in [3.05, 3.63) is 58.7 Å². The fourth-order valence-corrected chi connectivity index (χ4v) is 3.23. The van der Waals surface area contributed by atoms with Crippen molar-refractivity contribution in [2.24, 2.45) is 0 Å². The molecule has 0 unspecified atom stereocenters. The van der Waals surface area contributed by atoms with Gasteiger partial charge in [0.1, 0.15) is 0 Å². The zero-order valence-corrected chi connectivity index (χ0v) is 17.5. The fraction of sp³-hybridized carbons (Fsp3) is 0.444. The Morgan fingerprint density at radius 2 is 1.00 bits per heavy atom. The van der Waals surface area contributed by atoms with E-state index in [0.29, 0.717) is 0 Å². The van der Waals surface area contributed by atoms with Gasteiger partial charge in [-0.05, 0) is 0 Å². The number of aryl methyl sites for hydroxylation is 4. The van der Waals surface area contributed by atoms with Crippen LogP contribution in [0.15, 0.2) is 36.4 Å². The van der Waals surface area contributed by atoms with Gasteiger partial charge in [0.2, 0.25) is 0 Å². The quantitative estimate of drug-likeness (QED) is 0.316. The van der Waals surface area contributed by atoms with E-state index in [2.05, 4.69) is 36.4 Å². The molecule has 0 saturated carbocycles. The van der Waals surface area contributed by atoms with Gasteiger partial charge in [-0.1, -0.05) is 51.4 Å². The SMILES string of the molecule is [Cl-].[Cl-].[Hf+4].c1cc2c([cH-]1)CCCC2.c1cc2c([cH-]1)CCCC2. The minimum absolute atomic E-state index is 0. The molecule has 0 spiro atoms. The molecule has 2 aromatic rings. The monoisotopic (exact) mass is 488 g/mol. The normalized spacial score (nSPS) is 14.9. The molecule has 0 bridgehead atoms. The van der Waals surface area contributed by atoms with Gasteiger partial charge in [0.15, 0.2) is 0 Å². The van der Waals surface area contributed by atoms with Gasteiger partial charge in [-0.25, -0.2) is 12.1 Å². The van der Waals surface area contributed by atoms with Gasteiger partial charge in [0, 0.05) is 0 Å². The van der Waals surface area contributed by atoms with Gasteiger partial charge in [0.25, 0.3) is 0 Å². The van der Waals surface area contributed by atoms with Crippen molar-refractivity contribution in [1.29, 1.82) is 0 Å². The minimum atomic E-state index is 0. The van der Waals surface area contributed by atoms with E-state index in [1.54, 1.807) is 22.3 Å². The first-order valence-corrected chi connectivity index (χ1v) is 7.40. The number of fused-ring (bicyclic) bond motifs is 2. The second-order valence-corrected chi connectivity index (χ2v) is 5.57. The molecule has 0 heterocycles. The molecule has 0 radical (unpaired) electrons. The third-order valence-corrected chi connectivity index (χ3v) is 4.30. The zero-order valence-electron chi connectivity index (χ0n) is 12.4. The van der Waals surface area contributed by atoms with Crippen LogP contribution in [0, 0.1) is 0 Å². The van der Waals surface area contributed by atoms with Gasteiger partial charge in [-0.15, -0.1) is 0 Å². The van der Waals surface area contributed by atoms with Crippen LogP contribution in [-0.4, -0.2) is 0 Å². The summed E-state index contributed by atoms with van der Waals surface area (Å²) in [7, 11) is 0. The van der Waals surface area contributed by atoms with Gasteiger partial charge >= 0.3 is 25.8 Å². The topological polar surface area (TPSA) is 0 Å². The predicted octanol–water partition coefficient (Wildman–Crippen LogP) is -1.43. The molecule has 2 aliphatic rings. The summed E-state index contributed by atoms with van der Waals surface area (Å²) in [5.74, 6) is 0. The zero-order chi connectivity index (χ0) is 12.2. The maximum atomic E-state index is 2.26. The van der Waals surface area contributed by atoms with Crippen LogP contribution in [0.3, 0.4) is 0 Å². The Morgan fingerprint density at radius 3 is 1.38 bits per heavy atom. The van der Waals surface area contributed by atoms with E-state index in [4.69, 9.17) is 0 Å². The van der Waals surface area contributed by atoms with E-state index < -0.39 is 0 Å². The number of hydrogen-bond donors (Lipinski definition) is 0. The maximum absolute atomic E-state index is 2.26. The van der Waals surface area contributed by atoms with E-state index in [1.165, 1.54) is 51.4 Å². The fourth-order valence-electron chi connectivity index (χ4n) is 3.23. The van der Waals surface area contributed by atoms with Crippen LogP contribution in [0.2, 0.25) is 0 Å². The van der Waals surface area contributed by atoms with Crippen molar-refractivity contribution in [1.82, 2.24) is 0 Å². The summed E-state index contributed by atoms with van der Waals surface area (Å²) in [6, 6.07) is 13.4. The maximum Gasteiger partial charge on any atom is 4.00 e. The molecule has 2 aliphatic carbocycles. The number of rotatable bonds is 0. The van der Waals surface area contributed by atoms with Crippen LogP contribution < -0.4 is 24.8 Å². The average molecular weight is 488 g/mol. The first kappa shape index (κ1) is 21.2. The van der Waals surface area contributed by atoms with Crippen LogP contribution in [0.4, 0.5) is 0 Å². The molecule has 4 rings (SSSR count). The molecule has 0 saturated heterocycles. The summed E-state index contributed by atoms with van der Waals surface area (Å²) in [6.45, 7) is 0. The van der Waals surface area contributed by atoms with E-state index in [1.807, 2.05) is 0 Å². The third-order valence-electron chi connectivity index (χ3n) is 4.30. The third kappa shape index (κ3) is 5.69. The molecule has 0 atom stereocenters. The number of halogens is 2. The van der Waals surface area contributed by atoms with Gasteiger partial charge in [-0.3, -0.25) is 0 Å². The molecule has 2 aromatic carbocycles. The van der Waals surface area contributed by atoms with Crippen LogP contribution in [0.25, 0.3) is 0 Å². The summed E-state index contributed by atoms with van der Waals surface area (Å²) >= 11 is 0. The standard InChI is InChI=1S/2C9H11.2ClH.Hf/c2*1-2-5-9-7-3-6-8(9)4-1;;;/h2*3,6-7H,1-2,4-5H2;2*1H;/q2*-1;;;+4/p-2. The van der Waals surface area contributed by atoms with E-state index >= 15 is 0 Å². The second-order valence-electron chi connectivity index (χ2n) is 5.57. The molecular formula is C18H22Cl2Hf. The number of hydrogen-bond acceptors (Lipinski definition) is 0. The molecule has 3 heteroatoms. The molecule has 0 amide bonds. The van der Waals surface area contributed by atoms with Crippen molar-refractivity contribution in [2.45, 2.75) is 51.4 Å². The first-order valence-electron chi connectivity index (χ1n) is 7.40. The van der Waals surface area contributed by atoms with E-state index in [9.17, 15) is 0 Å². The summed E-state index contributed by atoms with van der Waals surface area (Å²) in [4.78, 5) is 0. The summed E-state index contributed by atoms with van der Waals surface area (Å²) in [5.41, 5.74) is 6.39. The van der Waals surface area contributed by atoms with Crippen molar-refractivity contribution >= 4 is 0 Å². The average Bonchev–Trinajstić information content (AvgIpc) is 3.08. The van der Waals surface area contributed by atoms with E-state index in [0.717, 1.165) is 0 Å². The Hall–Kier alpha value is 0.150. The largest absolute Gasteiger partial charge is 4.00 e. The molecule has 112 valence electrons.